The van der Waals surface area contributed by atoms with Crippen molar-refractivity contribution in [2.45, 2.75) is 0 Å². The number of benzene rings is 12. The van der Waals surface area contributed by atoms with E-state index in [1.807, 2.05) is 0 Å². The summed E-state index contributed by atoms with van der Waals surface area (Å²) in [6, 6.07) is 102. The molecule has 328 valence electrons. The molecule has 0 spiro atoms. The topological polar surface area (TPSA) is 8.17 Å². The third kappa shape index (κ3) is 7.13. The molecule has 2 heteroatoms. The highest BCUT2D eigenvalue weighted by atomic mass is 15.1. The standard InChI is InChI=1S/C68H46N2/c1-4-19-48(20-5-1)56-26-12-15-31-63(56)68-58(49-21-6-2-7-22-49)32-18-34-66(68)69(55-42-37-50(38-43-55)64-45-52-23-10-11-27-57(52)59-28-13-14-29-60(59)64)54-40-35-47(36-41-54)51-39-44-62-61-30-16-17-33-65(61)70(67(62)46-51)53-24-8-3-9-25-53/h1-46H. The molecule has 70 heavy (non-hydrogen) atoms. The van der Waals surface area contributed by atoms with Gasteiger partial charge in [0.25, 0.3) is 0 Å². The molecular formula is C68H46N2. The Labute approximate surface area is 408 Å². The molecule has 0 fully saturated rings. The highest BCUT2D eigenvalue weighted by Crippen LogP contribution is 2.49. The van der Waals surface area contributed by atoms with Gasteiger partial charge < -0.3 is 9.47 Å². The van der Waals surface area contributed by atoms with Crippen LogP contribution in [-0.2, 0) is 0 Å². The van der Waals surface area contributed by atoms with E-state index < -0.39 is 0 Å². The minimum absolute atomic E-state index is 1.07. The van der Waals surface area contributed by atoms with Crippen molar-refractivity contribution >= 4 is 60.4 Å². The van der Waals surface area contributed by atoms with E-state index in [4.69, 9.17) is 0 Å². The monoisotopic (exact) mass is 890 g/mol. The van der Waals surface area contributed by atoms with Gasteiger partial charge in [-0.2, -0.15) is 0 Å². The number of para-hydroxylation sites is 2. The van der Waals surface area contributed by atoms with Crippen molar-refractivity contribution in [3.05, 3.63) is 279 Å². The molecular weight excluding hydrogens is 845 g/mol. The quantitative estimate of drug-likeness (QED) is 0.131. The molecule has 0 unspecified atom stereocenters. The fraction of sp³-hybridized carbons (Fsp3) is 0. The van der Waals surface area contributed by atoms with E-state index in [0.717, 1.165) is 28.3 Å². The van der Waals surface area contributed by atoms with Gasteiger partial charge in [0.1, 0.15) is 0 Å². The second-order valence-electron chi connectivity index (χ2n) is 18.0. The first-order valence-electron chi connectivity index (χ1n) is 24.1. The van der Waals surface area contributed by atoms with Crippen molar-refractivity contribution in [1.29, 1.82) is 0 Å². The maximum absolute atomic E-state index is 2.45. The summed E-state index contributed by atoms with van der Waals surface area (Å²) in [5.74, 6) is 0. The van der Waals surface area contributed by atoms with Gasteiger partial charge in [0.05, 0.1) is 16.7 Å². The van der Waals surface area contributed by atoms with E-state index in [9.17, 15) is 0 Å². The molecule has 0 amide bonds. The lowest BCUT2D eigenvalue weighted by Gasteiger charge is -2.30. The molecule has 0 bridgehead atoms. The van der Waals surface area contributed by atoms with Gasteiger partial charge >= 0.3 is 0 Å². The van der Waals surface area contributed by atoms with Crippen LogP contribution >= 0.6 is 0 Å². The highest BCUT2D eigenvalue weighted by molar-refractivity contribution is 6.14. The SMILES string of the molecule is c1ccc(-c2ccccc2-c2c(-c3ccccc3)cccc2N(c2ccc(-c3ccc4c5ccccc5n(-c5ccccc5)c4c3)cc2)c2ccc(-c3cc4ccccc4c4ccccc34)cc2)cc1. The Bertz CT molecular complexity index is 4020. The number of hydrogen-bond acceptors (Lipinski definition) is 1. The molecule has 0 aliphatic heterocycles. The van der Waals surface area contributed by atoms with E-state index in [1.54, 1.807) is 0 Å². The van der Waals surface area contributed by atoms with Crippen LogP contribution in [0.4, 0.5) is 17.1 Å². The van der Waals surface area contributed by atoms with Crippen molar-refractivity contribution in [2.75, 3.05) is 4.90 Å². The van der Waals surface area contributed by atoms with Crippen LogP contribution in [0.5, 0.6) is 0 Å². The zero-order valence-electron chi connectivity index (χ0n) is 38.5. The lowest BCUT2D eigenvalue weighted by Crippen LogP contribution is -2.12. The maximum Gasteiger partial charge on any atom is 0.0547 e. The smallest absolute Gasteiger partial charge is 0.0547 e. The van der Waals surface area contributed by atoms with Gasteiger partial charge in [-0.05, 0) is 132 Å². The van der Waals surface area contributed by atoms with Crippen LogP contribution in [0.1, 0.15) is 0 Å². The Morgan fingerprint density at radius 3 is 1.47 bits per heavy atom. The summed E-state index contributed by atoms with van der Waals surface area (Å²) in [5.41, 5.74) is 18.5. The molecule has 2 nitrogen and oxygen atoms in total. The normalized spacial score (nSPS) is 11.4. The van der Waals surface area contributed by atoms with Crippen LogP contribution in [-0.4, -0.2) is 4.57 Å². The second-order valence-corrected chi connectivity index (χ2v) is 18.0. The molecule has 1 aromatic heterocycles. The van der Waals surface area contributed by atoms with Crippen LogP contribution in [0.25, 0.3) is 105 Å². The lowest BCUT2D eigenvalue weighted by atomic mass is 9.87. The Balaban J connectivity index is 1.00. The van der Waals surface area contributed by atoms with Gasteiger partial charge in [-0.15, -0.1) is 0 Å². The number of aromatic nitrogens is 1. The molecule has 0 aliphatic rings. The minimum atomic E-state index is 1.07. The third-order valence-corrected chi connectivity index (χ3v) is 14.0. The summed E-state index contributed by atoms with van der Waals surface area (Å²) >= 11 is 0. The molecule has 0 atom stereocenters. The number of rotatable bonds is 9. The Kier molecular flexibility index (Phi) is 10.2. The van der Waals surface area contributed by atoms with Crippen molar-refractivity contribution < 1.29 is 0 Å². The van der Waals surface area contributed by atoms with E-state index in [0.29, 0.717) is 0 Å². The van der Waals surface area contributed by atoms with Crippen molar-refractivity contribution in [2.24, 2.45) is 0 Å². The van der Waals surface area contributed by atoms with Gasteiger partial charge in [-0.25, -0.2) is 0 Å². The van der Waals surface area contributed by atoms with Crippen molar-refractivity contribution in [3.63, 3.8) is 0 Å². The summed E-state index contributed by atoms with van der Waals surface area (Å²) in [6.45, 7) is 0. The number of fused-ring (bicyclic) bond motifs is 6. The van der Waals surface area contributed by atoms with Crippen LogP contribution in [0, 0.1) is 0 Å². The van der Waals surface area contributed by atoms with E-state index in [2.05, 4.69) is 289 Å². The molecule has 0 N–H and O–H groups in total. The molecule has 0 radical (unpaired) electrons. The molecule has 0 saturated carbocycles. The molecule has 13 rings (SSSR count). The Morgan fingerprint density at radius 2 is 0.757 bits per heavy atom. The largest absolute Gasteiger partial charge is 0.310 e. The third-order valence-electron chi connectivity index (χ3n) is 14.0. The Morgan fingerprint density at radius 1 is 0.257 bits per heavy atom. The summed E-state index contributed by atoms with van der Waals surface area (Å²) in [6.07, 6.45) is 0. The fourth-order valence-electron chi connectivity index (χ4n) is 10.8. The number of hydrogen-bond donors (Lipinski definition) is 0. The predicted molar refractivity (Wildman–Crippen MR) is 298 cm³/mol. The minimum Gasteiger partial charge on any atom is -0.310 e. The van der Waals surface area contributed by atoms with Crippen LogP contribution in [0.3, 0.4) is 0 Å². The molecule has 0 saturated heterocycles. The zero-order chi connectivity index (χ0) is 46.4. The van der Waals surface area contributed by atoms with Crippen LogP contribution in [0.2, 0.25) is 0 Å². The summed E-state index contributed by atoms with van der Waals surface area (Å²) < 4.78 is 2.39. The van der Waals surface area contributed by atoms with Gasteiger partial charge in [0.2, 0.25) is 0 Å². The number of anilines is 3. The Hall–Kier alpha value is -9.24. The first-order chi connectivity index (χ1) is 34.7. The van der Waals surface area contributed by atoms with E-state index in [1.165, 1.54) is 93.4 Å². The van der Waals surface area contributed by atoms with Gasteiger partial charge in [0, 0.05) is 33.4 Å². The zero-order valence-corrected chi connectivity index (χ0v) is 38.5. The number of nitrogens with zero attached hydrogens (tertiary/aromatic N) is 2. The second kappa shape index (κ2) is 17.4. The van der Waals surface area contributed by atoms with Gasteiger partial charge in [-0.3, -0.25) is 0 Å². The van der Waals surface area contributed by atoms with Crippen LogP contribution in [0.15, 0.2) is 279 Å². The van der Waals surface area contributed by atoms with Crippen molar-refractivity contribution in [1.82, 2.24) is 4.57 Å². The van der Waals surface area contributed by atoms with Crippen molar-refractivity contribution in [3.8, 4) is 61.3 Å². The molecule has 12 aromatic carbocycles. The summed E-state index contributed by atoms with van der Waals surface area (Å²) in [4.78, 5) is 2.45. The molecule has 1 heterocycles. The first-order valence-corrected chi connectivity index (χ1v) is 24.1. The summed E-state index contributed by atoms with van der Waals surface area (Å²) in [7, 11) is 0. The average molecular weight is 891 g/mol. The summed E-state index contributed by atoms with van der Waals surface area (Å²) in [5, 5.41) is 7.52. The predicted octanol–water partition coefficient (Wildman–Crippen LogP) is 18.9. The van der Waals surface area contributed by atoms with E-state index in [-0.39, 0.29) is 0 Å². The molecule has 0 aliphatic carbocycles. The first kappa shape index (κ1) is 41.0. The van der Waals surface area contributed by atoms with Gasteiger partial charge in [0.15, 0.2) is 0 Å². The van der Waals surface area contributed by atoms with Gasteiger partial charge in [-0.1, -0.05) is 218 Å². The maximum atomic E-state index is 2.45. The molecule has 13 aromatic rings. The van der Waals surface area contributed by atoms with Crippen LogP contribution < -0.4 is 4.90 Å². The highest BCUT2D eigenvalue weighted by Gasteiger charge is 2.23. The average Bonchev–Trinajstić information content (AvgIpc) is 3.78. The fourth-order valence-corrected chi connectivity index (χ4v) is 10.8. The van der Waals surface area contributed by atoms with E-state index >= 15 is 0 Å². The lowest BCUT2D eigenvalue weighted by molar-refractivity contribution is 1.18.